The Labute approximate surface area is 210 Å². The standard InChI is InChI=1S/C28H35F3N4O/c1-2-3-4-5-9-27(36)33-23-10-11-26-25(19-23)21(20-32-26)12-13-34-14-16-35(17-15-34)24-8-6-7-22(18-24)28(29,30)31/h6-8,10-11,18-20,32H,2-5,9,12-17H2,1H3,(H,33,36). The van der Waals surface area contributed by atoms with Gasteiger partial charge >= 0.3 is 6.18 Å². The molecule has 0 saturated carbocycles. The second-order valence-corrected chi connectivity index (χ2v) is 9.56. The van der Waals surface area contributed by atoms with E-state index in [-0.39, 0.29) is 5.91 Å². The zero-order valence-corrected chi connectivity index (χ0v) is 20.8. The Morgan fingerprint density at radius 2 is 1.83 bits per heavy atom. The van der Waals surface area contributed by atoms with Crippen molar-refractivity contribution in [2.45, 2.75) is 51.6 Å². The van der Waals surface area contributed by atoms with Crippen LogP contribution in [-0.4, -0.2) is 48.5 Å². The highest BCUT2D eigenvalue weighted by molar-refractivity contribution is 5.94. The number of carbonyl (C=O) groups excluding carboxylic acids is 1. The number of fused-ring (bicyclic) bond motifs is 1. The molecule has 1 amide bonds. The molecule has 8 heteroatoms. The van der Waals surface area contributed by atoms with E-state index in [9.17, 15) is 18.0 Å². The highest BCUT2D eigenvalue weighted by atomic mass is 19.4. The summed E-state index contributed by atoms with van der Waals surface area (Å²) in [6, 6.07) is 11.5. The number of rotatable bonds is 10. The van der Waals surface area contributed by atoms with Crippen LogP contribution < -0.4 is 10.2 Å². The van der Waals surface area contributed by atoms with Crippen LogP contribution >= 0.6 is 0 Å². The van der Waals surface area contributed by atoms with Gasteiger partial charge in [-0.2, -0.15) is 13.2 Å². The third-order valence-corrected chi connectivity index (χ3v) is 6.92. The molecule has 0 unspecified atom stereocenters. The Balaban J connectivity index is 1.29. The SMILES string of the molecule is CCCCCCC(=O)Nc1ccc2[nH]cc(CCN3CCN(c4cccc(C(F)(F)F)c4)CC3)c2c1. The lowest BCUT2D eigenvalue weighted by Crippen LogP contribution is -2.47. The largest absolute Gasteiger partial charge is 0.416 e. The van der Waals surface area contributed by atoms with Gasteiger partial charge in [0.15, 0.2) is 0 Å². The molecule has 2 heterocycles. The smallest absolute Gasteiger partial charge is 0.369 e. The number of piperazine rings is 1. The summed E-state index contributed by atoms with van der Waals surface area (Å²) in [4.78, 5) is 20.0. The van der Waals surface area contributed by atoms with Gasteiger partial charge in [-0.15, -0.1) is 0 Å². The van der Waals surface area contributed by atoms with E-state index < -0.39 is 11.7 Å². The zero-order valence-electron chi connectivity index (χ0n) is 20.8. The summed E-state index contributed by atoms with van der Waals surface area (Å²) in [5.74, 6) is 0.0566. The van der Waals surface area contributed by atoms with Gasteiger partial charge in [0, 0.05) is 67.6 Å². The number of amides is 1. The number of unbranched alkanes of at least 4 members (excludes halogenated alkanes) is 3. The van der Waals surface area contributed by atoms with Crippen LogP contribution in [0.1, 0.15) is 50.2 Å². The number of hydrogen-bond donors (Lipinski definition) is 2. The van der Waals surface area contributed by atoms with Gasteiger partial charge in [0.25, 0.3) is 0 Å². The summed E-state index contributed by atoms with van der Waals surface area (Å²) in [7, 11) is 0. The molecule has 1 aromatic heterocycles. The number of nitrogens with one attached hydrogen (secondary N) is 2. The predicted octanol–water partition coefficient (Wildman–Crippen LogP) is 6.46. The minimum Gasteiger partial charge on any atom is -0.369 e. The Kier molecular flexibility index (Phi) is 8.56. The minimum atomic E-state index is -4.32. The predicted molar refractivity (Wildman–Crippen MR) is 139 cm³/mol. The second kappa shape index (κ2) is 11.8. The Morgan fingerprint density at radius 1 is 1.03 bits per heavy atom. The number of carbonyl (C=O) groups is 1. The van der Waals surface area contributed by atoms with E-state index >= 15 is 0 Å². The summed E-state index contributed by atoms with van der Waals surface area (Å²) in [6.45, 7) is 6.03. The van der Waals surface area contributed by atoms with Crippen LogP contribution in [0.4, 0.5) is 24.5 Å². The highest BCUT2D eigenvalue weighted by Gasteiger charge is 2.31. The number of H-pyrrole nitrogens is 1. The zero-order chi connectivity index (χ0) is 25.5. The molecule has 2 aromatic carbocycles. The highest BCUT2D eigenvalue weighted by Crippen LogP contribution is 2.32. The molecule has 1 aliphatic rings. The molecule has 2 N–H and O–H groups in total. The normalized spacial score (nSPS) is 14.9. The minimum absolute atomic E-state index is 0.0566. The number of halogens is 3. The van der Waals surface area contributed by atoms with Gasteiger partial charge in [0.05, 0.1) is 5.56 Å². The molecule has 0 radical (unpaired) electrons. The number of nitrogens with zero attached hydrogens (tertiary/aromatic N) is 2. The van der Waals surface area contributed by atoms with Crippen LogP contribution in [0.5, 0.6) is 0 Å². The first kappa shape index (κ1) is 26.1. The van der Waals surface area contributed by atoms with E-state index in [4.69, 9.17) is 0 Å². The molecule has 0 atom stereocenters. The van der Waals surface area contributed by atoms with Crippen molar-refractivity contribution in [3.8, 4) is 0 Å². The maximum absolute atomic E-state index is 13.1. The summed E-state index contributed by atoms with van der Waals surface area (Å²) in [6.07, 6.45) is 3.42. The van der Waals surface area contributed by atoms with E-state index in [0.29, 0.717) is 25.2 Å². The fourth-order valence-corrected chi connectivity index (χ4v) is 4.79. The maximum atomic E-state index is 13.1. The van der Waals surface area contributed by atoms with E-state index in [2.05, 4.69) is 22.1 Å². The van der Waals surface area contributed by atoms with Crippen molar-refractivity contribution < 1.29 is 18.0 Å². The average Bonchev–Trinajstić information content (AvgIpc) is 3.27. The summed E-state index contributed by atoms with van der Waals surface area (Å²) < 4.78 is 39.2. The van der Waals surface area contributed by atoms with Crippen LogP contribution in [0.3, 0.4) is 0 Å². The molecule has 1 aliphatic heterocycles. The number of anilines is 2. The van der Waals surface area contributed by atoms with Gasteiger partial charge < -0.3 is 15.2 Å². The van der Waals surface area contributed by atoms with Gasteiger partial charge in [-0.1, -0.05) is 32.3 Å². The van der Waals surface area contributed by atoms with Crippen molar-refractivity contribution in [1.29, 1.82) is 0 Å². The molecule has 36 heavy (non-hydrogen) atoms. The summed E-state index contributed by atoms with van der Waals surface area (Å²) in [5, 5.41) is 4.14. The molecule has 1 fully saturated rings. The fourth-order valence-electron chi connectivity index (χ4n) is 4.79. The van der Waals surface area contributed by atoms with Gasteiger partial charge in [0.1, 0.15) is 0 Å². The van der Waals surface area contributed by atoms with Crippen molar-refractivity contribution in [2.75, 3.05) is 42.9 Å². The van der Waals surface area contributed by atoms with Gasteiger partial charge in [-0.05, 0) is 54.8 Å². The van der Waals surface area contributed by atoms with Crippen molar-refractivity contribution in [1.82, 2.24) is 9.88 Å². The Morgan fingerprint density at radius 3 is 2.58 bits per heavy atom. The van der Waals surface area contributed by atoms with Crippen molar-refractivity contribution >= 4 is 28.2 Å². The van der Waals surface area contributed by atoms with E-state index in [1.165, 1.54) is 17.7 Å². The number of aromatic amines is 1. The first-order valence-electron chi connectivity index (χ1n) is 12.9. The van der Waals surface area contributed by atoms with Crippen molar-refractivity contribution in [3.05, 3.63) is 59.8 Å². The average molecular weight is 501 g/mol. The van der Waals surface area contributed by atoms with Crippen molar-refractivity contribution in [2.24, 2.45) is 0 Å². The van der Waals surface area contributed by atoms with Crippen LogP contribution in [0, 0.1) is 0 Å². The lowest BCUT2D eigenvalue weighted by atomic mass is 10.1. The fraction of sp³-hybridized carbons (Fsp3) is 0.464. The third kappa shape index (κ3) is 6.81. The van der Waals surface area contributed by atoms with Crippen LogP contribution in [0.2, 0.25) is 0 Å². The molecule has 1 saturated heterocycles. The van der Waals surface area contributed by atoms with E-state index in [0.717, 1.165) is 74.4 Å². The van der Waals surface area contributed by atoms with Gasteiger partial charge in [-0.3, -0.25) is 9.69 Å². The van der Waals surface area contributed by atoms with E-state index in [1.54, 1.807) is 6.07 Å². The molecular formula is C28H35F3N4O. The van der Waals surface area contributed by atoms with Crippen LogP contribution in [0.25, 0.3) is 10.9 Å². The first-order valence-corrected chi connectivity index (χ1v) is 12.9. The Hall–Kier alpha value is -3.00. The van der Waals surface area contributed by atoms with Crippen molar-refractivity contribution in [3.63, 3.8) is 0 Å². The molecule has 194 valence electrons. The number of hydrogen-bond acceptors (Lipinski definition) is 3. The maximum Gasteiger partial charge on any atom is 0.416 e. The summed E-state index contributed by atoms with van der Waals surface area (Å²) >= 11 is 0. The molecule has 0 aliphatic carbocycles. The quantitative estimate of drug-likeness (QED) is 0.314. The van der Waals surface area contributed by atoms with Gasteiger partial charge in [0.2, 0.25) is 5.91 Å². The van der Waals surface area contributed by atoms with Gasteiger partial charge in [-0.25, -0.2) is 0 Å². The topological polar surface area (TPSA) is 51.4 Å². The molecule has 3 aromatic rings. The van der Waals surface area contributed by atoms with E-state index in [1.807, 2.05) is 29.3 Å². The number of alkyl halides is 3. The third-order valence-electron chi connectivity index (χ3n) is 6.92. The number of aromatic nitrogens is 1. The molecule has 0 spiro atoms. The first-order chi connectivity index (χ1) is 17.3. The lowest BCUT2D eigenvalue weighted by Gasteiger charge is -2.36. The second-order valence-electron chi connectivity index (χ2n) is 9.56. The Bertz CT molecular complexity index is 1150. The van der Waals surface area contributed by atoms with Crippen LogP contribution in [-0.2, 0) is 17.4 Å². The molecule has 5 nitrogen and oxygen atoms in total. The summed E-state index contributed by atoms with van der Waals surface area (Å²) in [5.41, 5.74) is 3.08. The molecule has 0 bridgehead atoms. The molecule has 4 rings (SSSR count). The monoisotopic (exact) mass is 500 g/mol. The molecular weight excluding hydrogens is 465 g/mol. The number of benzene rings is 2. The van der Waals surface area contributed by atoms with Crippen LogP contribution in [0.15, 0.2) is 48.7 Å². The lowest BCUT2D eigenvalue weighted by molar-refractivity contribution is -0.137.